The molecule has 0 spiro atoms. The Bertz CT molecular complexity index is 766. The van der Waals surface area contributed by atoms with Crippen molar-refractivity contribution in [3.8, 4) is 17.0 Å². The number of carbonyl (C=O) groups excluding carboxylic acids is 1. The molecule has 122 valence electrons. The predicted molar refractivity (Wildman–Crippen MR) is 86.6 cm³/mol. The summed E-state index contributed by atoms with van der Waals surface area (Å²) in [7, 11) is 0. The third-order valence-corrected chi connectivity index (χ3v) is 5.11. The normalized spacial score (nSPS) is 19.3. The number of hydrogen-bond donors (Lipinski definition) is 1. The summed E-state index contributed by atoms with van der Waals surface area (Å²) in [6, 6.07) is 5.24. The molecule has 5 nitrogen and oxygen atoms in total. The van der Waals surface area contributed by atoms with Gasteiger partial charge in [0.15, 0.2) is 5.60 Å². The van der Waals surface area contributed by atoms with Crippen LogP contribution in [0.1, 0.15) is 21.6 Å². The molecule has 1 aromatic carbocycles. The fraction of sp³-hybridized carbons (Fsp3) is 0.333. The van der Waals surface area contributed by atoms with Crippen LogP contribution in [0.25, 0.3) is 11.3 Å². The number of nitrogens with zero attached hydrogens (tertiary/aromatic N) is 1. The molecule has 2 heterocycles. The highest BCUT2D eigenvalue weighted by Gasteiger charge is 2.40. The molecule has 0 saturated heterocycles. The molecular weight excluding hydrogens is 389 g/mol. The number of esters is 1. The number of benzene rings is 1. The Morgan fingerprint density at radius 2 is 2.39 bits per heavy atom. The van der Waals surface area contributed by atoms with Crippen molar-refractivity contribution in [1.29, 1.82) is 0 Å². The van der Waals surface area contributed by atoms with E-state index in [1.165, 1.54) is 0 Å². The highest BCUT2D eigenvalue weighted by molar-refractivity contribution is 9.10. The summed E-state index contributed by atoms with van der Waals surface area (Å²) in [6.07, 6.45) is 0. The van der Waals surface area contributed by atoms with Crippen LogP contribution in [0.4, 0.5) is 4.39 Å². The minimum Gasteiger partial charge on any atom is -0.489 e. The van der Waals surface area contributed by atoms with Crippen molar-refractivity contribution >= 4 is 33.2 Å². The van der Waals surface area contributed by atoms with Crippen molar-refractivity contribution in [2.75, 3.05) is 19.9 Å². The van der Waals surface area contributed by atoms with E-state index in [1.807, 2.05) is 0 Å². The summed E-state index contributed by atoms with van der Waals surface area (Å²) < 4.78 is 24.8. The average molecular weight is 402 g/mol. The molecule has 1 aromatic heterocycles. The third kappa shape index (κ3) is 2.86. The number of rotatable bonds is 3. The van der Waals surface area contributed by atoms with Gasteiger partial charge in [-0.15, -0.1) is 11.3 Å². The lowest BCUT2D eigenvalue weighted by Gasteiger charge is -2.21. The van der Waals surface area contributed by atoms with E-state index in [1.54, 1.807) is 25.1 Å². The van der Waals surface area contributed by atoms with Gasteiger partial charge in [0.2, 0.25) is 5.01 Å². The van der Waals surface area contributed by atoms with Gasteiger partial charge in [0.05, 0.1) is 17.2 Å². The first-order chi connectivity index (χ1) is 11.0. The van der Waals surface area contributed by atoms with Crippen molar-refractivity contribution in [3.63, 3.8) is 0 Å². The zero-order valence-corrected chi connectivity index (χ0v) is 14.5. The summed E-state index contributed by atoms with van der Waals surface area (Å²) in [5.74, 6) is -0.121. The molecule has 0 aliphatic carbocycles. The van der Waals surface area contributed by atoms with E-state index in [9.17, 15) is 14.3 Å². The summed E-state index contributed by atoms with van der Waals surface area (Å²) in [6.45, 7) is 0.603. The number of halogens is 2. The van der Waals surface area contributed by atoms with Gasteiger partial charge in [0, 0.05) is 10.0 Å². The molecule has 1 unspecified atom stereocenters. The first-order valence-corrected chi connectivity index (χ1v) is 8.49. The van der Waals surface area contributed by atoms with Crippen LogP contribution >= 0.6 is 27.3 Å². The highest BCUT2D eigenvalue weighted by atomic mass is 79.9. The van der Waals surface area contributed by atoms with Gasteiger partial charge in [-0.3, -0.25) is 0 Å². The van der Waals surface area contributed by atoms with Crippen LogP contribution in [-0.2, 0) is 10.3 Å². The Labute approximate surface area is 144 Å². The molecule has 2 aromatic rings. The highest BCUT2D eigenvalue weighted by Crippen LogP contribution is 2.44. The molecule has 1 atom stereocenters. The van der Waals surface area contributed by atoms with Gasteiger partial charge in [0.25, 0.3) is 0 Å². The smallest absolute Gasteiger partial charge is 0.367 e. The van der Waals surface area contributed by atoms with Crippen LogP contribution < -0.4 is 4.74 Å². The van der Waals surface area contributed by atoms with E-state index in [-0.39, 0.29) is 23.1 Å². The maximum absolute atomic E-state index is 13.5. The quantitative estimate of drug-likeness (QED) is 0.799. The lowest BCUT2D eigenvalue weighted by atomic mass is 10.0. The van der Waals surface area contributed by atoms with E-state index in [4.69, 9.17) is 9.47 Å². The topological polar surface area (TPSA) is 68.7 Å². The van der Waals surface area contributed by atoms with Crippen LogP contribution in [0.15, 0.2) is 22.7 Å². The van der Waals surface area contributed by atoms with Crippen LogP contribution in [0.2, 0.25) is 0 Å². The summed E-state index contributed by atoms with van der Waals surface area (Å²) in [5.41, 5.74) is -0.916. The number of hydrogen-bond acceptors (Lipinski definition) is 6. The maximum Gasteiger partial charge on any atom is 0.367 e. The van der Waals surface area contributed by atoms with Gasteiger partial charge in [-0.2, -0.15) is 0 Å². The van der Waals surface area contributed by atoms with Crippen molar-refractivity contribution in [3.05, 3.63) is 32.6 Å². The van der Waals surface area contributed by atoms with Crippen molar-refractivity contribution in [2.45, 2.75) is 12.5 Å². The molecule has 0 radical (unpaired) electrons. The van der Waals surface area contributed by atoms with E-state index in [0.29, 0.717) is 17.0 Å². The van der Waals surface area contributed by atoms with E-state index in [0.717, 1.165) is 15.8 Å². The zero-order chi connectivity index (χ0) is 16.6. The van der Waals surface area contributed by atoms with E-state index in [2.05, 4.69) is 20.9 Å². The molecular formula is C15H13BrFNO4S. The second kappa shape index (κ2) is 6.18. The Hall–Kier alpha value is -1.51. The standard InChI is InChI=1S/C15H13BrFNO4S/c1-2-21-14(19)13-18-11-9-5-8(16)3-4-10(9)22-7-15(20,6-17)12(11)23-13/h3-5,20H,2,6-7H2,1H3. The lowest BCUT2D eigenvalue weighted by molar-refractivity contribution is -0.0240. The lowest BCUT2D eigenvalue weighted by Crippen LogP contribution is -2.34. The molecule has 1 aliphatic rings. The van der Waals surface area contributed by atoms with Crippen molar-refractivity contribution in [2.24, 2.45) is 0 Å². The first-order valence-electron chi connectivity index (χ1n) is 6.88. The zero-order valence-electron chi connectivity index (χ0n) is 12.1. The minimum absolute atomic E-state index is 0.0801. The monoisotopic (exact) mass is 401 g/mol. The fourth-order valence-electron chi connectivity index (χ4n) is 2.27. The van der Waals surface area contributed by atoms with Gasteiger partial charge >= 0.3 is 5.97 Å². The second-order valence-electron chi connectivity index (χ2n) is 5.01. The number of thiazole rings is 1. The number of fused-ring (bicyclic) bond motifs is 3. The molecule has 0 bridgehead atoms. The van der Waals surface area contributed by atoms with Crippen LogP contribution in [0.3, 0.4) is 0 Å². The number of aromatic nitrogens is 1. The van der Waals surface area contributed by atoms with Gasteiger partial charge < -0.3 is 14.6 Å². The number of ether oxygens (including phenoxy) is 2. The number of aliphatic hydroxyl groups is 1. The molecule has 0 amide bonds. The summed E-state index contributed by atoms with van der Waals surface area (Å²) in [4.78, 5) is 16.5. The number of carbonyl (C=O) groups is 1. The van der Waals surface area contributed by atoms with Crippen molar-refractivity contribution < 1.29 is 23.8 Å². The average Bonchev–Trinajstić information content (AvgIpc) is 2.95. The Morgan fingerprint density at radius 1 is 1.61 bits per heavy atom. The molecule has 3 rings (SSSR count). The van der Waals surface area contributed by atoms with Crippen LogP contribution in [0, 0.1) is 0 Å². The van der Waals surface area contributed by atoms with E-state index < -0.39 is 18.2 Å². The van der Waals surface area contributed by atoms with Gasteiger partial charge in [-0.05, 0) is 25.1 Å². The molecule has 0 fully saturated rings. The maximum atomic E-state index is 13.5. The van der Waals surface area contributed by atoms with Crippen molar-refractivity contribution in [1.82, 2.24) is 4.98 Å². The molecule has 1 N–H and O–H groups in total. The van der Waals surface area contributed by atoms with Crippen LogP contribution in [-0.4, -0.2) is 35.9 Å². The largest absolute Gasteiger partial charge is 0.489 e. The fourth-order valence-corrected chi connectivity index (χ4v) is 3.66. The SMILES string of the molecule is CCOC(=O)c1nc2c(s1)C(O)(CF)COc1ccc(Br)cc1-2. The number of alkyl halides is 1. The Morgan fingerprint density at radius 3 is 3.09 bits per heavy atom. The van der Waals surface area contributed by atoms with Crippen LogP contribution in [0.5, 0.6) is 5.75 Å². The summed E-state index contributed by atoms with van der Waals surface area (Å²) in [5, 5.41) is 10.7. The first kappa shape index (κ1) is 16.4. The van der Waals surface area contributed by atoms with Gasteiger partial charge in [-0.1, -0.05) is 15.9 Å². The third-order valence-electron chi connectivity index (χ3n) is 3.38. The van der Waals surface area contributed by atoms with Gasteiger partial charge in [0.1, 0.15) is 19.0 Å². The predicted octanol–water partition coefficient (Wildman–Crippen LogP) is 3.30. The molecule has 23 heavy (non-hydrogen) atoms. The Balaban J connectivity index is 2.20. The van der Waals surface area contributed by atoms with E-state index >= 15 is 0 Å². The minimum atomic E-state index is -1.84. The van der Waals surface area contributed by atoms with Gasteiger partial charge in [-0.25, -0.2) is 14.2 Å². The second-order valence-corrected chi connectivity index (χ2v) is 6.93. The molecule has 8 heteroatoms. The Kier molecular flexibility index (Phi) is 4.39. The summed E-state index contributed by atoms with van der Waals surface area (Å²) >= 11 is 4.29. The molecule has 0 saturated carbocycles. The molecule has 1 aliphatic heterocycles.